The number of fused-ring (bicyclic) bond motifs is 1. The molecule has 0 aliphatic carbocycles. The maximum Gasteiger partial charge on any atom is 0.230 e. The smallest absolute Gasteiger partial charge is 0.230 e. The lowest BCUT2D eigenvalue weighted by Gasteiger charge is -2.19. The highest BCUT2D eigenvalue weighted by Crippen LogP contribution is 2.28. The molecule has 1 unspecified atom stereocenters. The number of aliphatic hydroxyl groups is 1. The Bertz CT molecular complexity index is 974. The van der Waals surface area contributed by atoms with Gasteiger partial charge >= 0.3 is 0 Å². The molecule has 10 heteroatoms. The van der Waals surface area contributed by atoms with Crippen LogP contribution in [0.15, 0.2) is 18.3 Å². The molecule has 1 aliphatic heterocycles. The van der Waals surface area contributed by atoms with Gasteiger partial charge in [0, 0.05) is 43.9 Å². The van der Waals surface area contributed by atoms with Gasteiger partial charge in [0.15, 0.2) is 10.8 Å². The van der Waals surface area contributed by atoms with Gasteiger partial charge in [0.2, 0.25) is 11.8 Å². The Hall–Kier alpha value is -2.30. The van der Waals surface area contributed by atoms with Crippen LogP contribution in [0.25, 0.3) is 5.65 Å². The van der Waals surface area contributed by atoms with Crippen LogP contribution >= 0.6 is 11.3 Å². The van der Waals surface area contributed by atoms with Crippen LogP contribution in [-0.2, 0) is 6.54 Å². The molecule has 4 heterocycles. The van der Waals surface area contributed by atoms with Crippen molar-refractivity contribution in [3.05, 3.63) is 34.8 Å². The SMILES string of the molecule is Cc1cc2nc(O[C@@H]3C[C@H](C)N(Cc4sc(NC(C)O)nc4F)C3)ccn2n1. The first-order chi connectivity index (χ1) is 13.4. The van der Waals surface area contributed by atoms with Gasteiger partial charge in [0.25, 0.3) is 0 Å². The van der Waals surface area contributed by atoms with Crippen LogP contribution in [0, 0.1) is 12.9 Å². The van der Waals surface area contributed by atoms with Crippen LogP contribution in [0.2, 0.25) is 0 Å². The summed E-state index contributed by atoms with van der Waals surface area (Å²) in [5, 5.41) is 16.8. The van der Waals surface area contributed by atoms with E-state index in [9.17, 15) is 9.50 Å². The zero-order valence-corrected chi connectivity index (χ0v) is 16.8. The largest absolute Gasteiger partial charge is 0.473 e. The molecule has 1 saturated heterocycles. The van der Waals surface area contributed by atoms with Gasteiger partial charge in [-0.1, -0.05) is 11.3 Å². The van der Waals surface area contributed by atoms with Crippen molar-refractivity contribution in [3.63, 3.8) is 0 Å². The average Bonchev–Trinajstić information content (AvgIpc) is 3.24. The molecule has 0 spiro atoms. The second-order valence-electron chi connectivity index (χ2n) is 7.16. The number of hydrogen-bond donors (Lipinski definition) is 2. The lowest BCUT2D eigenvalue weighted by atomic mass is 10.2. The van der Waals surface area contributed by atoms with E-state index in [1.807, 2.05) is 25.3 Å². The Balaban J connectivity index is 1.40. The van der Waals surface area contributed by atoms with Crippen LogP contribution in [0.5, 0.6) is 5.88 Å². The van der Waals surface area contributed by atoms with Crippen molar-refractivity contribution in [1.82, 2.24) is 24.5 Å². The molecular weight excluding hydrogens is 383 g/mol. The van der Waals surface area contributed by atoms with E-state index in [4.69, 9.17) is 4.74 Å². The van der Waals surface area contributed by atoms with E-state index >= 15 is 0 Å². The molecule has 0 bridgehead atoms. The van der Waals surface area contributed by atoms with Gasteiger partial charge in [0.05, 0.1) is 10.6 Å². The third kappa shape index (κ3) is 4.08. The zero-order valence-electron chi connectivity index (χ0n) is 16.0. The van der Waals surface area contributed by atoms with E-state index in [0.29, 0.717) is 29.0 Å². The normalized spacial score (nSPS) is 21.3. The van der Waals surface area contributed by atoms with Crippen LogP contribution in [0.3, 0.4) is 0 Å². The maximum atomic E-state index is 14.1. The highest BCUT2D eigenvalue weighted by molar-refractivity contribution is 7.15. The number of thiazole rings is 1. The fourth-order valence-corrected chi connectivity index (χ4v) is 4.37. The van der Waals surface area contributed by atoms with Crippen LogP contribution in [0.4, 0.5) is 9.52 Å². The highest BCUT2D eigenvalue weighted by atomic mass is 32.1. The number of halogens is 1. The van der Waals surface area contributed by atoms with Gasteiger partial charge in [-0.15, -0.1) is 0 Å². The molecule has 28 heavy (non-hydrogen) atoms. The third-order valence-corrected chi connectivity index (χ3v) is 5.65. The minimum absolute atomic E-state index is 0.0139. The number of likely N-dealkylation sites (tertiary alicyclic amines) is 1. The molecule has 0 saturated carbocycles. The molecule has 0 amide bonds. The number of aromatic nitrogens is 4. The summed E-state index contributed by atoms with van der Waals surface area (Å²) < 4.78 is 21.9. The summed E-state index contributed by atoms with van der Waals surface area (Å²) in [7, 11) is 0. The van der Waals surface area contributed by atoms with Crippen molar-refractivity contribution in [3.8, 4) is 5.88 Å². The molecule has 1 aliphatic rings. The molecule has 2 N–H and O–H groups in total. The van der Waals surface area contributed by atoms with E-state index in [0.717, 1.165) is 17.8 Å². The van der Waals surface area contributed by atoms with Crippen molar-refractivity contribution >= 4 is 22.1 Å². The summed E-state index contributed by atoms with van der Waals surface area (Å²) in [4.78, 5) is 11.1. The van der Waals surface area contributed by atoms with Crippen molar-refractivity contribution < 1.29 is 14.2 Å². The summed E-state index contributed by atoms with van der Waals surface area (Å²) in [6, 6.07) is 3.96. The minimum Gasteiger partial charge on any atom is -0.473 e. The van der Waals surface area contributed by atoms with Gasteiger partial charge < -0.3 is 15.2 Å². The molecule has 8 nitrogen and oxygen atoms in total. The molecule has 3 aromatic rings. The van der Waals surface area contributed by atoms with Gasteiger partial charge in [-0.05, 0) is 20.8 Å². The number of hydrogen-bond acceptors (Lipinski definition) is 8. The first kappa shape index (κ1) is 19.0. The number of nitrogens with one attached hydrogen (secondary N) is 1. The lowest BCUT2D eigenvalue weighted by molar-refractivity contribution is 0.188. The Kier molecular flexibility index (Phi) is 5.17. The Morgan fingerprint density at radius 3 is 3.07 bits per heavy atom. The van der Waals surface area contributed by atoms with Gasteiger partial charge in [-0.2, -0.15) is 19.5 Å². The Labute approximate surface area is 166 Å². The molecule has 150 valence electrons. The standard InChI is InChI=1S/C18H23FN6O2S/c1-10-6-15-21-16(4-5-25(15)23-10)27-13-7-11(2)24(8-13)9-14-17(19)22-18(28-14)20-12(3)26/h4-6,11-13,26H,7-9H2,1-3H3,(H,20,22)/t11-,12?,13+/m0/s1. The topological polar surface area (TPSA) is 87.8 Å². The van der Waals surface area contributed by atoms with Crippen molar-refractivity contribution in [2.24, 2.45) is 0 Å². The number of aliphatic hydroxyl groups excluding tert-OH is 1. The van der Waals surface area contributed by atoms with E-state index in [1.54, 1.807) is 11.4 Å². The first-order valence-corrected chi connectivity index (χ1v) is 10.0. The van der Waals surface area contributed by atoms with Gasteiger partial charge in [0.1, 0.15) is 12.3 Å². The summed E-state index contributed by atoms with van der Waals surface area (Å²) in [5.74, 6) is 0.0757. The molecule has 1 fully saturated rings. The number of nitrogens with zero attached hydrogens (tertiary/aromatic N) is 5. The number of rotatable bonds is 6. The summed E-state index contributed by atoms with van der Waals surface area (Å²) in [6.07, 6.45) is 1.89. The highest BCUT2D eigenvalue weighted by Gasteiger charge is 2.32. The van der Waals surface area contributed by atoms with Gasteiger partial charge in [-0.3, -0.25) is 4.90 Å². The van der Waals surface area contributed by atoms with Crippen molar-refractivity contribution in [2.45, 2.75) is 52.1 Å². The summed E-state index contributed by atoms with van der Waals surface area (Å²) in [6.45, 7) is 6.74. The first-order valence-electron chi connectivity index (χ1n) is 9.21. The second kappa shape index (κ2) is 7.61. The van der Waals surface area contributed by atoms with Gasteiger partial charge in [-0.25, -0.2) is 4.52 Å². The number of anilines is 1. The van der Waals surface area contributed by atoms with E-state index in [2.05, 4.69) is 32.2 Å². The second-order valence-corrected chi connectivity index (χ2v) is 8.25. The predicted octanol–water partition coefficient (Wildman–Crippen LogP) is 2.43. The summed E-state index contributed by atoms with van der Waals surface area (Å²) >= 11 is 1.22. The number of ether oxygens (including phenoxy) is 1. The Morgan fingerprint density at radius 2 is 2.29 bits per heavy atom. The molecule has 3 atom stereocenters. The third-order valence-electron chi connectivity index (χ3n) is 4.70. The summed E-state index contributed by atoms with van der Waals surface area (Å²) in [5.41, 5.74) is 1.66. The lowest BCUT2D eigenvalue weighted by Crippen LogP contribution is -2.28. The number of aryl methyl sites for hydroxylation is 1. The molecular formula is C18H23FN6O2S. The predicted molar refractivity (Wildman–Crippen MR) is 104 cm³/mol. The van der Waals surface area contributed by atoms with E-state index in [1.165, 1.54) is 11.3 Å². The fraction of sp³-hybridized carbons (Fsp3) is 0.500. The van der Waals surface area contributed by atoms with E-state index < -0.39 is 12.2 Å². The molecule has 4 rings (SSSR count). The van der Waals surface area contributed by atoms with E-state index in [-0.39, 0.29) is 12.1 Å². The monoisotopic (exact) mass is 406 g/mol. The zero-order chi connectivity index (χ0) is 19.8. The van der Waals surface area contributed by atoms with Crippen molar-refractivity contribution in [2.75, 3.05) is 11.9 Å². The average molecular weight is 406 g/mol. The molecule has 3 aromatic heterocycles. The molecule has 0 radical (unpaired) electrons. The van der Waals surface area contributed by atoms with Crippen LogP contribution in [-0.4, -0.2) is 54.5 Å². The molecule has 0 aromatic carbocycles. The minimum atomic E-state index is -0.772. The Morgan fingerprint density at radius 1 is 1.46 bits per heavy atom. The van der Waals surface area contributed by atoms with Crippen LogP contribution < -0.4 is 10.1 Å². The maximum absolute atomic E-state index is 14.1. The van der Waals surface area contributed by atoms with Crippen molar-refractivity contribution in [1.29, 1.82) is 0 Å². The van der Waals surface area contributed by atoms with Crippen LogP contribution in [0.1, 0.15) is 30.8 Å². The fourth-order valence-electron chi connectivity index (χ4n) is 3.42. The quantitative estimate of drug-likeness (QED) is 0.608.